The summed E-state index contributed by atoms with van der Waals surface area (Å²) in [5, 5.41) is 2.69. The highest BCUT2D eigenvalue weighted by Gasteiger charge is 2.15. The number of amides is 1. The largest absolute Gasteiger partial charge is 0.497 e. The van der Waals surface area contributed by atoms with Gasteiger partial charge in [0.05, 0.1) is 36.1 Å². The van der Waals surface area contributed by atoms with Crippen LogP contribution in [0.2, 0.25) is 0 Å². The Labute approximate surface area is 130 Å². The summed E-state index contributed by atoms with van der Waals surface area (Å²) in [6.07, 6.45) is 1.46. The van der Waals surface area contributed by atoms with Crippen molar-refractivity contribution >= 4 is 33.3 Å². The number of nitrogen functional groups attached to an aromatic ring is 1. The third kappa shape index (κ3) is 3.43. The van der Waals surface area contributed by atoms with Crippen LogP contribution in [0.1, 0.15) is 10.4 Å². The maximum Gasteiger partial charge on any atom is 0.260 e. The number of ether oxygens (including phenoxy) is 2. The number of pyridine rings is 1. The molecule has 0 fully saturated rings. The molecule has 21 heavy (non-hydrogen) atoms. The second-order valence-electron chi connectivity index (χ2n) is 4.12. The lowest BCUT2D eigenvalue weighted by atomic mass is 10.1. The number of halogens is 1. The Morgan fingerprint density at radius 3 is 2.67 bits per heavy atom. The van der Waals surface area contributed by atoms with Gasteiger partial charge in [-0.2, -0.15) is 0 Å². The SMILES string of the molecule is COc1ccc(OC)c(C(=O)Nc2ncc(N)cc2Br)c1. The fraction of sp³-hybridized carbons (Fsp3) is 0.143. The zero-order chi connectivity index (χ0) is 15.4. The van der Waals surface area contributed by atoms with E-state index >= 15 is 0 Å². The number of aromatic nitrogens is 1. The van der Waals surface area contributed by atoms with Crippen LogP contribution in [-0.2, 0) is 0 Å². The lowest BCUT2D eigenvalue weighted by Gasteiger charge is -2.11. The summed E-state index contributed by atoms with van der Waals surface area (Å²) in [6, 6.07) is 6.64. The van der Waals surface area contributed by atoms with Crippen LogP contribution in [0, 0.1) is 0 Å². The number of methoxy groups -OCH3 is 2. The van der Waals surface area contributed by atoms with Gasteiger partial charge in [0.25, 0.3) is 5.91 Å². The van der Waals surface area contributed by atoms with E-state index in [0.29, 0.717) is 33.0 Å². The number of nitrogens with one attached hydrogen (secondary N) is 1. The zero-order valence-electron chi connectivity index (χ0n) is 11.5. The molecule has 0 saturated carbocycles. The van der Waals surface area contributed by atoms with E-state index in [2.05, 4.69) is 26.2 Å². The van der Waals surface area contributed by atoms with Crippen LogP contribution in [0.3, 0.4) is 0 Å². The minimum Gasteiger partial charge on any atom is -0.497 e. The van der Waals surface area contributed by atoms with Crippen molar-refractivity contribution in [1.82, 2.24) is 4.98 Å². The summed E-state index contributed by atoms with van der Waals surface area (Å²) in [4.78, 5) is 16.4. The second-order valence-corrected chi connectivity index (χ2v) is 4.97. The molecule has 0 aliphatic rings. The molecule has 2 aromatic rings. The Hall–Kier alpha value is -2.28. The Kier molecular flexibility index (Phi) is 4.64. The van der Waals surface area contributed by atoms with Gasteiger partial charge in [0.2, 0.25) is 0 Å². The van der Waals surface area contributed by atoms with E-state index in [4.69, 9.17) is 15.2 Å². The van der Waals surface area contributed by atoms with Crippen LogP contribution >= 0.6 is 15.9 Å². The highest BCUT2D eigenvalue weighted by Crippen LogP contribution is 2.27. The summed E-state index contributed by atoms with van der Waals surface area (Å²) in [7, 11) is 3.03. The first-order chi connectivity index (χ1) is 10.0. The monoisotopic (exact) mass is 351 g/mol. The fourth-order valence-corrected chi connectivity index (χ4v) is 2.18. The Morgan fingerprint density at radius 2 is 2.05 bits per heavy atom. The van der Waals surface area contributed by atoms with Crippen molar-refractivity contribution in [2.75, 3.05) is 25.3 Å². The smallest absolute Gasteiger partial charge is 0.260 e. The van der Waals surface area contributed by atoms with Crippen molar-refractivity contribution in [3.8, 4) is 11.5 Å². The summed E-state index contributed by atoms with van der Waals surface area (Å²) in [5.41, 5.74) is 6.46. The molecular formula is C14H14BrN3O3. The molecule has 7 heteroatoms. The van der Waals surface area contributed by atoms with Crippen LogP contribution in [-0.4, -0.2) is 25.1 Å². The van der Waals surface area contributed by atoms with Gasteiger partial charge in [0.1, 0.15) is 17.3 Å². The van der Waals surface area contributed by atoms with Crippen LogP contribution in [0.5, 0.6) is 11.5 Å². The number of benzene rings is 1. The zero-order valence-corrected chi connectivity index (χ0v) is 13.1. The normalized spacial score (nSPS) is 10.0. The molecule has 0 atom stereocenters. The minimum atomic E-state index is -0.358. The maximum atomic E-state index is 12.4. The highest BCUT2D eigenvalue weighted by molar-refractivity contribution is 9.10. The first kappa shape index (κ1) is 15.1. The van der Waals surface area contributed by atoms with Gasteiger partial charge in [-0.25, -0.2) is 4.98 Å². The van der Waals surface area contributed by atoms with Crippen molar-refractivity contribution < 1.29 is 14.3 Å². The van der Waals surface area contributed by atoms with Crippen LogP contribution < -0.4 is 20.5 Å². The summed E-state index contributed by atoms with van der Waals surface area (Å²) < 4.78 is 10.9. The molecule has 0 bridgehead atoms. The molecule has 6 nitrogen and oxygen atoms in total. The molecule has 110 valence electrons. The molecule has 1 amide bonds. The summed E-state index contributed by atoms with van der Waals surface area (Å²) in [5.74, 6) is 1.02. The number of rotatable bonds is 4. The molecular weight excluding hydrogens is 338 g/mol. The molecule has 2 rings (SSSR count). The van der Waals surface area contributed by atoms with Crippen LogP contribution in [0.4, 0.5) is 11.5 Å². The van der Waals surface area contributed by atoms with E-state index in [9.17, 15) is 4.79 Å². The molecule has 3 N–H and O–H groups in total. The van der Waals surface area contributed by atoms with Gasteiger partial charge in [0, 0.05) is 0 Å². The third-order valence-corrected chi connectivity index (χ3v) is 3.35. The number of carbonyl (C=O) groups is 1. The number of carbonyl (C=O) groups excluding carboxylic acids is 1. The predicted octanol–water partition coefficient (Wildman–Crippen LogP) is 2.70. The molecule has 1 aromatic heterocycles. The maximum absolute atomic E-state index is 12.4. The standard InChI is InChI=1S/C14H14BrN3O3/c1-20-9-3-4-12(21-2)10(6-9)14(19)18-13-11(15)5-8(16)7-17-13/h3-7H,16H2,1-2H3,(H,17,18,19). The molecule has 0 radical (unpaired) electrons. The number of nitrogens with zero attached hydrogens (tertiary/aromatic N) is 1. The van der Waals surface area contributed by atoms with E-state index in [1.54, 1.807) is 24.3 Å². The minimum absolute atomic E-state index is 0.349. The lowest BCUT2D eigenvalue weighted by Crippen LogP contribution is -2.15. The Balaban J connectivity index is 2.31. The second kappa shape index (κ2) is 6.45. The van der Waals surface area contributed by atoms with Crippen LogP contribution in [0.25, 0.3) is 0 Å². The molecule has 0 aliphatic heterocycles. The molecule has 0 saturated heterocycles. The van der Waals surface area contributed by atoms with Crippen molar-refractivity contribution in [3.05, 3.63) is 40.5 Å². The van der Waals surface area contributed by atoms with Gasteiger partial charge in [-0.05, 0) is 40.2 Å². The fourth-order valence-electron chi connectivity index (χ4n) is 1.71. The van der Waals surface area contributed by atoms with E-state index in [0.717, 1.165) is 0 Å². The molecule has 0 aliphatic carbocycles. The van der Waals surface area contributed by atoms with Crippen molar-refractivity contribution in [3.63, 3.8) is 0 Å². The van der Waals surface area contributed by atoms with Gasteiger partial charge in [-0.3, -0.25) is 4.79 Å². The number of anilines is 2. The van der Waals surface area contributed by atoms with Crippen molar-refractivity contribution in [1.29, 1.82) is 0 Å². The number of hydrogen-bond acceptors (Lipinski definition) is 5. The van der Waals surface area contributed by atoms with Crippen molar-refractivity contribution in [2.24, 2.45) is 0 Å². The highest BCUT2D eigenvalue weighted by atomic mass is 79.9. The molecule has 0 unspecified atom stereocenters. The quantitative estimate of drug-likeness (QED) is 0.884. The van der Waals surface area contributed by atoms with Crippen LogP contribution in [0.15, 0.2) is 34.9 Å². The van der Waals surface area contributed by atoms with Crippen molar-refractivity contribution in [2.45, 2.75) is 0 Å². The van der Waals surface area contributed by atoms with E-state index in [1.165, 1.54) is 20.4 Å². The van der Waals surface area contributed by atoms with Gasteiger partial charge >= 0.3 is 0 Å². The average molecular weight is 352 g/mol. The lowest BCUT2D eigenvalue weighted by molar-refractivity contribution is 0.102. The Morgan fingerprint density at radius 1 is 1.29 bits per heavy atom. The van der Waals surface area contributed by atoms with Gasteiger partial charge in [-0.15, -0.1) is 0 Å². The van der Waals surface area contributed by atoms with E-state index in [-0.39, 0.29) is 5.91 Å². The molecule has 1 heterocycles. The molecule has 1 aromatic carbocycles. The number of hydrogen-bond donors (Lipinski definition) is 2. The first-order valence-electron chi connectivity index (χ1n) is 5.99. The summed E-state index contributed by atoms with van der Waals surface area (Å²) >= 11 is 3.30. The third-order valence-electron chi connectivity index (χ3n) is 2.75. The van der Waals surface area contributed by atoms with E-state index in [1.807, 2.05) is 0 Å². The topological polar surface area (TPSA) is 86.5 Å². The molecule has 0 spiro atoms. The Bertz CT molecular complexity index is 677. The average Bonchev–Trinajstić information content (AvgIpc) is 2.49. The van der Waals surface area contributed by atoms with Gasteiger partial charge < -0.3 is 20.5 Å². The first-order valence-corrected chi connectivity index (χ1v) is 6.79. The number of nitrogens with two attached hydrogens (primary N) is 1. The summed E-state index contributed by atoms with van der Waals surface area (Å²) in [6.45, 7) is 0. The van der Waals surface area contributed by atoms with E-state index < -0.39 is 0 Å². The van der Waals surface area contributed by atoms with Gasteiger partial charge in [-0.1, -0.05) is 0 Å². The predicted molar refractivity (Wildman–Crippen MR) is 83.8 cm³/mol. The van der Waals surface area contributed by atoms with Gasteiger partial charge in [0.15, 0.2) is 0 Å².